The molecule has 0 bridgehead atoms. The van der Waals surface area contributed by atoms with Crippen molar-refractivity contribution in [2.45, 2.75) is 57.4 Å². The molecule has 8 nitrogen and oxygen atoms in total. The number of aromatic amines is 2. The number of hydrogen-bond acceptors (Lipinski definition) is 5. The van der Waals surface area contributed by atoms with Crippen molar-refractivity contribution < 1.29 is 4.79 Å². The van der Waals surface area contributed by atoms with Gasteiger partial charge in [0.2, 0.25) is 5.91 Å². The quantitative estimate of drug-likeness (QED) is 0.170. The first-order chi connectivity index (χ1) is 21.1. The third-order valence-electron chi connectivity index (χ3n) is 8.54. The molecule has 1 aliphatic carbocycles. The van der Waals surface area contributed by atoms with E-state index >= 15 is 0 Å². The molecule has 6 rings (SSSR count). The molecule has 1 amide bonds. The van der Waals surface area contributed by atoms with Crippen molar-refractivity contribution in [2.75, 3.05) is 33.7 Å². The summed E-state index contributed by atoms with van der Waals surface area (Å²) in [6, 6.07) is 15.3. The molecular weight excluding hydrogens is 534 g/mol. The number of aromatic nitrogens is 4. The Morgan fingerprint density at radius 2 is 1.88 bits per heavy atom. The van der Waals surface area contributed by atoms with Crippen LogP contribution in [-0.2, 0) is 24.1 Å². The lowest BCUT2D eigenvalue weighted by Crippen LogP contribution is -2.32. The Morgan fingerprint density at radius 3 is 2.70 bits per heavy atom. The Morgan fingerprint density at radius 1 is 1.05 bits per heavy atom. The van der Waals surface area contributed by atoms with Crippen LogP contribution in [0.5, 0.6) is 0 Å². The maximum absolute atomic E-state index is 11.5. The molecule has 1 atom stereocenters. The van der Waals surface area contributed by atoms with Crippen molar-refractivity contribution in [3.05, 3.63) is 82.7 Å². The number of carbonyl (C=O) groups is 1. The van der Waals surface area contributed by atoms with E-state index < -0.39 is 0 Å². The molecule has 2 aromatic heterocycles. The number of aryl methyl sites for hydroxylation is 3. The normalized spacial score (nSPS) is 16.2. The number of likely N-dealkylation sites (tertiary alicyclic amines) is 1. The lowest BCUT2D eigenvalue weighted by molar-refractivity contribution is -0.120. The molecule has 222 valence electrons. The van der Waals surface area contributed by atoms with Gasteiger partial charge in [0.15, 0.2) is 0 Å². The average molecular weight is 576 g/mol. The molecule has 4 N–H and O–H groups in total. The van der Waals surface area contributed by atoms with Crippen molar-refractivity contribution in [3.8, 4) is 34.4 Å². The topological polar surface area (TPSA) is 102 Å². The lowest BCUT2D eigenvalue weighted by Gasteiger charge is -2.16. The van der Waals surface area contributed by atoms with Crippen LogP contribution in [0.4, 0.5) is 0 Å². The second-order valence-corrected chi connectivity index (χ2v) is 11.7. The molecule has 0 saturated carbocycles. The summed E-state index contributed by atoms with van der Waals surface area (Å²) in [5.41, 5.74) is 9.12. The van der Waals surface area contributed by atoms with Crippen LogP contribution < -0.4 is 10.6 Å². The van der Waals surface area contributed by atoms with E-state index in [9.17, 15) is 4.79 Å². The number of amides is 1. The minimum atomic E-state index is 0.0309. The summed E-state index contributed by atoms with van der Waals surface area (Å²) in [7, 11) is 3.97. The van der Waals surface area contributed by atoms with Crippen molar-refractivity contribution in [2.24, 2.45) is 0 Å². The number of rotatable bonds is 9. The van der Waals surface area contributed by atoms with E-state index in [-0.39, 0.29) is 5.91 Å². The van der Waals surface area contributed by atoms with Gasteiger partial charge in [-0.15, -0.1) is 0 Å². The minimum absolute atomic E-state index is 0.0309. The number of unbranched alkanes of at least 4 members (excludes halogenated alkanes) is 1. The molecule has 4 aromatic rings. The number of fused-ring (bicyclic) bond motifs is 3. The van der Waals surface area contributed by atoms with E-state index in [1.54, 1.807) is 7.05 Å². The monoisotopic (exact) mass is 575 g/mol. The van der Waals surface area contributed by atoms with Crippen molar-refractivity contribution >= 4 is 5.91 Å². The van der Waals surface area contributed by atoms with Gasteiger partial charge in [-0.25, -0.2) is 9.97 Å². The summed E-state index contributed by atoms with van der Waals surface area (Å²) in [4.78, 5) is 30.7. The van der Waals surface area contributed by atoms with Crippen molar-refractivity contribution in [1.82, 2.24) is 35.5 Å². The number of H-pyrrole nitrogens is 2. The number of carbonyl (C=O) groups excluding carboxylic acids is 1. The zero-order chi connectivity index (χ0) is 29.6. The Bertz CT molecular complexity index is 1620. The standard InChI is InChI=1S/C35H41N7O/c1-36-23-33(43)37-19-4-3-10-32-38-22-30(39-32)26-16-13-24(14-17-26)11-12-25-15-18-28-27(21-25)7-5-8-29-34(28)41-35(40-29)31-9-6-20-42(31)2/h13-18,21-22,31,36H,3-10,19-20,23H2,1-2H3,(H,37,43)(H,38,39)(H,40,41). The number of nitrogens with one attached hydrogen (secondary N) is 4. The second kappa shape index (κ2) is 13.4. The van der Waals surface area contributed by atoms with Gasteiger partial charge in [0.25, 0.3) is 0 Å². The summed E-state index contributed by atoms with van der Waals surface area (Å²) < 4.78 is 0. The summed E-state index contributed by atoms with van der Waals surface area (Å²) in [5, 5.41) is 5.76. The summed E-state index contributed by atoms with van der Waals surface area (Å²) in [6.07, 6.45) is 10.2. The molecule has 0 spiro atoms. The Balaban J connectivity index is 1.07. The highest BCUT2D eigenvalue weighted by atomic mass is 16.1. The molecule has 43 heavy (non-hydrogen) atoms. The van der Waals surface area contributed by atoms with E-state index in [1.165, 1.54) is 29.7 Å². The van der Waals surface area contributed by atoms with Gasteiger partial charge in [-0.1, -0.05) is 30.0 Å². The number of nitrogens with zero attached hydrogens (tertiary/aromatic N) is 3. The van der Waals surface area contributed by atoms with E-state index in [0.717, 1.165) is 84.8 Å². The summed E-state index contributed by atoms with van der Waals surface area (Å²) in [6.45, 7) is 2.18. The molecule has 3 heterocycles. The Kier molecular flexibility index (Phi) is 9.01. The van der Waals surface area contributed by atoms with Crippen LogP contribution in [0.1, 0.15) is 72.2 Å². The molecular formula is C35H41N7O. The molecule has 1 saturated heterocycles. The fraction of sp³-hybridized carbons (Fsp3) is 0.400. The minimum Gasteiger partial charge on any atom is -0.355 e. The first kappa shape index (κ1) is 28.9. The van der Waals surface area contributed by atoms with Crippen molar-refractivity contribution in [3.63, 3.8) is 0 Å². The predicted molar refractivity (Wildman–Crippen MR) is 171 cm³/mol. The van der Waals surface area contributed by atoms with Crippen LogP contribution in [-0.4, -0.2) is 64.5 Å². The van der Waals surface area contributed by atoms with E-state index in [2.05, 4.69) is 91.8 Å². The Hall–Kier alpha value is -4.19. The third kappa shape index (κ3) is 6.90. The van der Waals surface area contributed by atoms with Gasteiger partial charge in [-0.2, -0.15) is 0 Å². The van der Waals surface area contributed by atoms with Gasteiger partial charge < -0.3 is 20.6 Å². The zero-order valence-corrected chi connectivity index (χ0v) is 25.2. The molecule has 2 aliphatic rings. The van der Waals surface area contributed by atoms with Gasteiger partial charge in [0.05, 0.1) is 30.2 Å². The third-order valence-corrected chi connectivity index (χ3v) is 8.54. The summed E-state index contributed by atoms with van der Waals surface area (Å²) in [5.74, 6) is 8.86. The van der Waals surface area contributed by atoms with E-state index in [1.807, 2.05) is 6.20 Å². The number of hydrogen-bond donors (Lipinski definition) is 4. The van der Waals surface area contributed by atoms with Crippen LogP contribution in [0.2, 0.25) is 0 Å². The molecule has 0 radical (unpaired) electrons. The SMILES string of the molecule is CNCC(=O)NCCCCc1ncc(-c2ccc(C#Cc3ccc4c(c3)CCCc3[nH]c(C5CCCN5C)nc3-4)cc2)[nH]1. The highest BCUT2D eigenvalue weighted by molar-refractivity contribution is 5.77. The molecule has 2 aromatic carbocycles. The van der Waals surface area contributed by atoms with E-state index in [4.69, 9.17) is 4.98 Å². The number of likely N-dealkylation sites (N-methyl/N-ethyl adjacent to an activating group) is 1. The fourth-order valence-corrected chi connectivity index (χ4v) is 6.19. The predicted octanol–water partition coefficient (Wildman–Crippen LogP) is 4.78. The largest absolute Gasteiger partial charge is 0.355 e. The highest BCUT2D eigenvalue weighted by Crippen LogP contribution is 2.35. The Labute approximate surface area is 254 Å². The first-order valence-electron chi connectivity index (χ1n) is 15.6. The van der Waals surface area contributed by atoms with E-state index in [0.29, 0.717) is 19.1 Å². The van der Waals surface area contributed by atoms with Gasteiger partial charge in [0.1, 0.15) is 11.6 Å². The molecule has 8 heteroatoms. The highest BCUT2D eigenvalue weighted by Gasteiger charge is 2.28. The smallest absolute Gasteiger partial charge is 0.233 e. The average Bonchev–Trinajstić information content (AvgIpc) is 3.75. The van der Waals surface area contributed by atoms with Crippen LogP contribution in [0.25, 0.3) is 22.5 Å². The number of benzene rings is 2. The zero-order valence-electron chi connectivity index (χ0n) is 25.2. The van der Waals surface area contributed by atoms with Crippen molar-refractivity contribution in [1.29, 1.82) is 0 Å². The second-order valence-electron chi connectivity index (χ2n) is 11.7. The summed E-state index contributed by atoms with van der Waals surface area (Å²) >= 11 is 0. The molecule has 1 aliphatic heterocycles. The van der Waals surface area contributed by atoms with Crippen LogP contribution >= 0.6 is 0 Å². The fourth-order valence-electron chi connectivity index (χ4n) is 6.19. The van der Waals surface area contributed by atoms with Crippen LogP contribution in [0, 0.1) is 11.8 Å². The van der Waals surface area contributed by atoms with Crippen LogP contribution in [0.3, 0.4) is 0 Å². The van der Waals surface area contributed by atoms with Gasteiger partial charge in [-0.3, -0.25) is 9.69 Å². The number of imidazole rings is 2. The van der Waals surface area contributed by atoms with Gasteiger partial charge >= 0.3 is 0 Å². The maximum Gasteiger partial charge on any atom is 0.233 e. The van der Waals surface area contributed by atoms with Crippen LogP contribution in [0.15, 0.2) is 48.7 Å². The lowest BCUT2D eigenvalue weighted by atomic mass is 9.99. The van der Waals surface area contributed by atoms with Gasteiger partial charge in [0, 0.05) is 35.3 Å². The maximum atomic E-state index is 11.5. The molecule has 1 fully saturated rings. The molecule has 1 unspecified atom stereocenters. The first-order valence-corrected chi connectivity index (χ1v) is 15.6. The van der Waals surface area contributed by atoms with Gasteiger partial charge in [-0.05, 0) is 101 Å².